The van der Waals surface area contributed by atoms with Crippen molar-refractivity contribution in [3.05, 3.63) is 36.5 Å². The van der Waals surface area contributed by atoms with Gasteiger partial charge in [-0.15, -0.1) is 0 Å². The second-order valence-electron chi connectivity index (χ2n) is 6.21. The minimum atomic E-state index is -1.01. The first kappa shape index (κ1) is 23.6. The number of hydrogen-bond acceptors (Lipinski definition) is 4. The Morgan fingerprint density at radius 3 is 2.16 bits per heavy atom. The van der Waals surface area contributed by atoms with Gasteiger partial charge in [-0.2, -0.15) is 0 Å². The van der Waals surface area contributed by atoms with Crippen LogP contribution in [0.1, 0.15) is 64.7 Å². The maximum Gasteiger partial charge on any atom is 0.303 e. The van der Waals surface area contributed by atoms with E-state index >= 15 is 0 Å². The second kappa shape index (κ2) is 16.1. The van der Waals surface area contributed by atoms with Gasteiger partial charge in [0.05, 0.1) is 18.3 Å². The fourth-order valence-corrected chi connectivity index (χ4v) is 2.18. The lowest BCUT2D eigenvalue weighted by atomic mass is 10.1. The molecule has 0 aliphatic heterocycles. The molecule has 0 aliphatic carbocycles. The Morgan fingerprint density at radius 1 is 0.880 bits per heavy atom. The van der Waals surface area contributed by atoms with Gasteiger partial charge in [-0.25, -0.2) is 0 Å². The summed E-state index contributed by atoms with van der Waals surface area (Å²) in [5, 5.41) is 38.0. The topological polar surface area (TPSA) is 98.0 Å². The zero-order valence-electron chi connectivity index (χ0n) is 15.3. The number of carbonyl (C=O) groups is 1. The van der Waals surface area contributed by atoms with Crippen molar-refractivity contribution < 1.29 is 25.2 Å². The van der Waals surface area contributed by atoms with Crippen LogP contribution in [0.2, 0.25) is 0 Å². The summed E-state index contributed by atoms with van der Waals surface area (Å²) in [6.07, 6.45) is 14.5. The number of hydrogen-bond donors (Lipinski definition) is 4. The number of carboxylic acids is 1. The van der Waals surface area contributed by atoms with E-state index in [2.05, 4.69) is 6.92 Å². The highest BCUT2D eigenvalue weighted by Crippen LogP contribution is 2.06. The van der Waals surface area contributed by atoms with Crippen molar-refractivity contribution in [2.45, 2.75) is 83.0 Å². The Labute approximate surface area is 151 Å². The largest absolute Gasteiger partial charge is 0.481 e. The molecule has 0 heterocycles. The first-order valence-corrected chi connectivity index (χ1v) is 9.21. The van der Waals surface area contributed by atoms with E-state index in [0.29, 0.717) is 25.7 Å². The maximum absolute atomic E-state index is 10.3. The second-order valence-corrected chi connectivity index (χ2v) is 6.21. The van der Waals surface area contributed by atoms with E-state index in [1.54, 1.807) is 6.08 Å². The van der Waals surface area contributed by atoms with Crippen LogP contribution in [-0.4, -0.2) is 44.7 Å². The van der Waals surface area contributed by atoms with Crippen molar-refractivity contribution in [3.8, 4) is 0 Å². The van der Waals surface area contributed by atoms with Crippen LogP contribution in [-0.2, 0) is 4.79 Å². The van der Waals surface area contributed by atoms with E-state index in [9.17, 15) is 20.1 Å². The van der Waals surface area contributed by atoms with E-state index in [1.165, 1.54) is 25.0 Å². The van der Waals surface area contributed by atoms with Crippen LogP contribution in [0.4, 0.5) is 0 Å². The predicted octanol–water partition coefficient (Wildman–Crippen LogP) is 3.35. The quantitative estimate of drug-likeness (QED) is 0.267. The molecule has 144 valence electrons. The van der Waals surface area contributed by atoms with Crippen molar-refractivity contribution in [2.75, 3.05) is 0 Å². The van der Waals surface area contributed by atoms with Gasteiger partial charge in [0.1, 0.15) is 0 Å². The summed E-state index contributed by atoms with van der Waals surface area (Å²) >= 11 is 0. The molecule has 25 heavy (non-hydrogen) atoms. The fourth-order valence-electron chi connectivity index (χ4n) is 2.18. The van der Waals surface area contributed by atoms with Crippen LogP contribution in [0.15, 0.2) is 36.5 Å². The third kappa shape index (κ3) is 15.8. The Bertz CT molecular complexity index is 414. The van der Waals surface area contributed by atoms with Crippen molar-refractivity contribution in [1.82, 2.24) is 0 Å². The van der Waals surface area contributed by atoms with E-state index in [1.807, 2.05) is 18.2 Å². The summed E-state index contributed by atoms with van der Waals surface area (Å²) in [5.74, 6) is -0.806. The van der Waals surface area contributed by atoms with Gasteiger partial charge >= 0.3 is 5.97 Å². The Balaban J connectivity index is 3.91. The first-order valence-electron chi connectivity index (χ1n) is 9.21. The maximum atomic E-state index is 10.3. The lowest BCUT2D eigenvalue weighted by molar-refractivity contribution is -0.137. The first-order chi connectivity index (χ1) is 12.0. The molecule has 0 aromatic rings. The highest BCUT2D eigenvalue weighted by Gasteiger charge is 2.11. The number of aliphatic hydroxyl groups excluding tert-OH is 3. The average Bonchev–Trinajstić information content (AvgIpc) is 2.58. The summed E-state index contributed by atoms with van der Waals surface area (Å²) < 4.78 is 0. The molecule has 0 radical (unpaired) electrons. The molecule has 5 heteroatoms. The molecule has 3 atom stereocenters. The molecule has 0 spiro atoms. The Hall–Kier alpha value is -1.43. The Morgan fingerprint density at radius 2 is 1.52 bits per heavy atom. The van der Waals surface area contributed by atoms with Crippen molar-refractivity contribution in [2.24, 2.45) is 0 Å². The normalized spacial score (nSPS) is 16.0. The predicted molar refractivity (Wildman–Crippen MR) is 100 cm³/mol. The summed E-state index contributed by atoms with van der Waals surface area (Å²) in [4.78, 5) is 10.3. The lowest BCUT2D eigenvalue weighted by Crippen LogP contribution is -2.23. The number of unbranched alkanes of at least 4 members (excludes halogenated alkanes) is 4. The molecule has 0 amide bonds. The van der Waals surface area contributed by atoms with Crippen molar-refractivity contribution in [3.63, 3.8) is 0 Å². The van der Waals surface area contributed by atoms with Crippen molar-refractivity contribution in [1.29, 1.82) is 0 Å². The van der Waals surface area contributed by atoms with Gasteiger partial charge < -0.3 is 20.4 Å². The van der Waals surface area contributed by atoms with Gasteiger partial charge in [0.25, 0.3) is 0 Å². The summed E-state index contributed by atoms with van der Waals surface area (Å²) in [6.45, 7) is 2.15. The van der Waals surface area contributed by atoms with Gasteiger partial charge in [0, 0.05) is 6.42 Å². The molecule has 4 N–H and O–H groups in total. The molecule has 0 aromatic heterocycles. The van der Waals surface area contributed by atoms with Crippen LogP contribution >= 0.6 is 0 Å². The third-order valence-electron chi connectivity index (χ3n) is 3.75. The molecule has 5 nitrogen and oxygen atoms in total. The molecule has 0 aliphatic rings. The number of allylic oxidation sites excluding steroid dienone is 2. The summed E-state index contributed by atoms with van der Waals surface area (Å²) in [6, 6.07) is 0. The van der Waals surface area contributed by atoms with Gasteiger partial charge in [-0.1, -0.05) is 56.2 Å². The van der Waals surface area contributed by atoms with E-state index in [-0.39, 0.29) is 6.42 Å². The molecule has 0 aromatic carbocycles. The third-order valence-corrected chi connectivity index (χ3v) is 3.75. The van der Waals surface area contributed by atoms with Crippen molar-refractivity contribution >= 4 is 5.97 Å². The van der Waals surface area contributed by atoms with Gasteiger partial charge in [0.15, 0.2) is 0 Å². The summed E-state index contributed by atoms with van der Waals surface area (Å²) in [5.41, 5.74) is 0. The van der Waals surface area contributed by atoms with E-state index in [0.717, 1.165) is 12.8 Å². The van der Waals surface area contributed by atoms with Crippen LogP contribution in [0.3, 0.4) is 0 Å². The highest BCUT2D eigenvalue weighted by atomic mass is 16.4. The zero-order valence-corrected chi connectivity index (χ0v) is 15.3. The molecular formula is C20H34O5. The smallest absolute Gasteiger partial charge is 0.303 e. The Kier molecular flexibility index (Phi) is 15.1. The van der Waals surface area contributed by atoms with E-state index < -0.39 is 24.3 Å². The monoisotopic (exact) mass is 354 g/mol. The molecule has 0 saturated heterocycles. The van der Waals surface area contributed by atoms with Gasteiger partial charge in [0.2, 0.25) is 0 Å². The van der Waals surface area contributed by atoms with Crippen LogP contribution in [0.25, 0.3) is 0 Å². The molecule has 2 unspecified atom stereocenters. The van der Waals surface area contributed by atoms with Crippen LogP contribution < -0.4 is 0 Å². The summed E-state index contributed by atoms with van der Waals surface area (Å²) in [7, 11) is 0. The van der Waals surface area contributed by atoms with Crippen LogP contribution in [0.5, 0.6) is 0 Å². The zero-order chi connectivity index (χ0) is 18.9. The number of aliphatic hydroxyl groups is 3. The molecule has 0 bridgehead atoms. The molecular weight excluding hydrogens is 320 g/mol. The number of rotatable bonds is 15. The minimum absolute atomic E-state index is 0.143. The van der Waals surface area contributed by atoms with Crippen LogP contribution in [0, 0.1) is 0 Å². The van der Waals surface area contributed by atoms with Gasteiger partial charge in [-0.3, -0.25) is 4.79 Å². The average molecular weight is 354 g/mol. The fraction of sp³-hybridized carbons (Fsp3) is 0.650. The molecule has 0 rings (SSSR count). The highest BCUT2D eigenvalue weighted by molar-refractivity contribution is 5.66. The number of aliphatic carboxylic acids is 1. The minimum Gasteiger partial charge on any atom is -0.481 e. The lowest BCUT2D eigenvalue weighted by Gasteiger charge is -2.13. The molecule has 0 fully saturated rings. The molecule has 0 saturated carbocycles. The standard InChI is InChI=1S/C20H34O5/c1-2-3-4-5-6-10-13-18(22)19(23)16-15-17(21)12-9-7-8-11-14-20(24)25/h6-7,9-10,15-19,21-23H,2-5,8,11-14H2,1H3,(H,24,25)/b9-7-,10-6-,16-15+/t17?,18-,19?/m1/s1. The van der Waals surface area contributed by atoms with E-state index in [4.69, 9.17) is 5.11 Å². The van der Waals surface area contributed by atoms with Gasteiger partial charge in [-0.05, 0) is 38.5 Å². The number of carboxylic acid groups (broad SMARTS) is 1. The SMILES string of the molecule is CCCCC/C=C\C[C@@H](O)C(O)/C=C/C(O)C/C=C\CCCC(=O)O.